The van der Waals surface area contributed by atoms with Gasteiger partial charge in [-0.05, 0) is 36.7 Å². The van der Waals surface area contributed by atoms with Crippen molar-refractivity contribution < 1.29 is 4.39 Å². The lowest BCUT2D eigenvalue weighted by molar-refractivity contribution is 0.577. The number of nitrogens with one attached hydrogen (secondary N) is 1. The van der Waals surface area contributed by atoms with Crippen LogP contribution < -0.4 is 5.32 Å². The summed E-state index contributed by atoms with van der Waals surface area (Å²) in [4.78, 5) is 0. The summed E-state index contributed by atoms with van der Waals surface area (Å²) < 4.78 is 13.5. The van der Waals surface area contributed by atoms with Gasteiger partial charge in [-0.15, -0.1) is 0 Å². The SMILES string of the molecule is CNC(Cc1ccccc1)c1ccc(Cl)c(F)c1. The van der Waals surface area contributed by atoms with Crippen molar-refractivity contribution in [2.24, 2.45) is 0 Å². The number of benzene rings is 2. The fourth-order valence-electron chi connectivity index (χ4n) is 1.97. The van der Waals surface area contributed by atoms with Crippen molar-refractivity contribution in [1.29, 1.82) is 0 Å². The van der Waals surface area contributed by atoms with Gasteiger partial charge in [0.05, 0.1) is 5.02 Å². The minimum Gasteiger partial charge on any atom is -0.313 e. The average Bonchev–Trinajstić information content (AvgIpc) is 2.40. The second-order valence-electron chi connectivity index (χ2n) is 4.20. The largest absolute Gasteiger partial charge is 0.313 e. The van der Waals surface area contributed by atoms with E-state index in [4.69, 9.17) is 11.6 Å². The Balaban J connectivity index is 2.20. The van der Waals surface area contributed by atoms with Crippen LogP contribution in [0, 0.1) is 5.82 Å². The van der Waals surface area contributed by atoms with Crippen LogP contribution in [0.3, 0.4) is 0 Å². The fraction of sp³-hybridized carbons (Fsp3) is 0.200. The summed E-state index contributed by atoms with van der Waals surface area (Å²) in [6, 6.07) is 15.2. The van der Waals surface area contributed by atoms with Gasteiger partial charge in [-0.2, -0.15) is 0 Å². The molecule has 2 rings (SSSR count). The Labute approximate surface area is 112 Å². The van der Waals surface area contributed by atoms with Gasteiger partial charge in [0, 0.05) is 6.04 Å². The molecule has 1 N–H and O–H groups in total. The third-order valence-electron chi connectivity index (χ3n) is 2.98. The predicted octanol–water partition coefficient (Wildman–Crippen LogP) is 3.98. The molecule has 2 aromatic carbocycles. The summed E-state index contributed by atoms with van der Waals surface area (Å²) in [5.74, 6) is -0.373. The van der Waals surface area contributed by atoms with Crippen molar-refractivity contribution in [3.63, 3.8) is 0 Å². The lowest BCUT2D eigenvalue weighted by atomic mass is 9.99. The van der Waals surface area contributed by atoms with E-state index in [1.165, 1.54) is 11.6 Å². The molecule has 0 amide bonds. The van der Waals surface area contributed by atoms with Crippen LogP contribution in [0.4, 0.5) is 4.39 Å². The zero-order valence-electron chi connectivity index (χ0n) is 10.2. The maximum atomic E-state index is 13.5. The van der Waals surface area contributed by atoms with E-state index in [0.717, 1.165) is 12.0 Å². The second kappa shape index (κ2) is 5.98. The van der Waals surface area contributed by atoms with Gasteiger partial charge in [0.2, 0.25) is 0 Å². The first-order chi connectivity index (χ1) is 8.70. The van der Waals surface area contributed by atoms with Crippen molar-refractivity contribution >= 4 is 11.6 Å². The molecule has 0 saturated heterocycles. The summed E-state index contributed by atoms with van der Waals surface area (Å²) >= 11 is 5.69. The zero-order chi connectivity index (χ0) is 13.0. The Bertz CT molecular complexity index is 513. The summed E-state index contributed by atoms with van der Waals surface area (Å²) in [6.45, 7) is 0. The predicted molar refractivity (Wildman–Crippen MR) is 73.4 cm³/mol. The summed E-state index contributed by atoms with van der Waals surface area (Å²) in [5, 5.41) is 3.36. The number of hydrogen-bond donors (Lipinski definition) is 1. The lowest BCUT2D eigenvalue weighted by Crippen LogP contribution is -2.19. The molecule has 0 radical (unpaired) electrons. The van der Waals surface area contributed by atoms with Gasteiger partial charge in [0.15, 0.2) is 0 Å². The fourth-order valence-corrected chi connectivity index (χ4v) is 2.08. The van der Waals surface area contributed by atoms with Gasteiger partial charge >= 0.3 is 0 Å². The summed E-state index contributed by atoms with van der Waals surface area (Å²) in [7, 11) is 1.88. The van der Waals surface area contributed by atoms with E-state index < -0.39 is 0 Å². The molecule has 0 bridgehead atoms. The molecule has 0 fully saturated rings. The Kier molecular flexibility index (Phi) is 4.34. The van der Waals surface area contributed by atoms with Crippen LogP contribution in [0.25, 0.3) is 0 Å². The molecule has 1 unspecified atom stereocenters. The van der Waals surface area contributed by atoms with Gasteiger partial charge in [0.25, 0.3) is 0 Å². The molecule has 94 valence electrons. The molecule has 0 aliphatic heterocycles. The van der Waals surface area contributed by atoms with Gasteiger partial charge < -0.3 is 5.32 Å². The molecule has 2 aromatic rings. The normalized spacial score (nSPS) is 12.4. The molecule has 0 spiro atoms. The Hall–Kier alpha value is -1.38. The van der Waals surface area contributed by atoms with Gasteiger partial charge in [-0.1, -0.05) is 48.0 Å². The monoisotopic (exact) mass is 263 g/mol. The Morgan fingerprint density at radius 1 is 1.17 bits per heavy atom. The topological polar surface area (TPSA) is 12.0 Å². The van der Waals surface area contributed by atoms with Gasteiger partial charge in [-0.25, -0.2) is 4.39 Å². The molecule has 1 atom stereocenters. The highest BCUT2D eigenvalue weighted by Gasteiger charge is 2.12. The van der Waals surface area contributed by atoms with Crippen molar-refractivity contribution in [3.8, 4) is 0 Å². The average molecular weight is 264 g/mol. The standard InChI is InChI=1S/C15H15ClFN/c1-18-15(9-11-5-3-2-4-6-11)12-7-8-13(16)14(17)10-12/h2-8,10,15,18H,9H2,1H3. The third kappa shape index (κ3) is 3.09. The quantitative estimate of drug-likeness (QED) is 0.880. The van der Waals surface area contributed by atoms with Gasteiger partial charge in [0.1, 0.15) is 5.82 Å². The highest BCUT2D eigenvalue weighted by atomic mass is 35.5. The lowest BCUT2D eigenvalue weighted by Gasteiger charge is -2.17. The maximum absolute atomic E-state index is 13.5. The van der Waals surface area contributed by atoms with Gasteiger partial charge in [-0.3, -0.25) is 0 Å². The summed E-state index contributed by atoms with van der Waals surface area (Å²) in [5.41, 5.74) is 2.12. The van der Waals surface area contributed by atoms with E-state index in [-0.39, 0.29) is 16.9 Å². The molecule has 0 heterocycles. The molecular weight excluding hydrogens is 249 g/mol. The number of rotatable bonds is 4. The van der Waals surface area contributed by atoms with Crippen LogP contribution in [0.15, 0.2) is 48.5 Å². The first kappa shape index (κ1) is 13.1. The molecular formula is C15H15ClFN. The second-order valence-corrected chi connectivity index (χ2v) is 4.61. The Morgan fingerprint density at radius 2 is 1.89 bits per heavy atom. The van der Waals surface area contributed by atoms with Crippen molar-refractivity contribution in [1.82, 2.24) is 5.32 Å². The van der Waals surface area contributed by atoms with E-state index >= 15 is 0 Å². The first-order valence-electron chi connectivity index (χ1n) is 5.87. The van der Waals surface area contributed by atoms with Crippen LogP contribution in [0.2, 0.25) is 5.02 Å². The minimum absolute atomic E-state index is 0.0826. The highest BCUT2D eigenvalue weighted by molar-refractivity contribution is 6.30. The number of hydrogen-bond acceptors (Lipinski definition) is 1. The van der Waals surface area contributed by atoms with Crippen LogP contribution in [-0.4, -0.2) is 7.05 Å². The molecule has 0 saturated carbocycles. The van der Waals surface area contributed by atoms with Crippen LogP contribution in [0.1, 0.15) is 17.2 Å². The van der Waals surface area contributed by atoms with Crippen LogP contribution >= 0.6 is 11.6 Å². The molecule has 3 heteroatoms. The minimum atomic E-state index is -0.373. The van der Waals surface area contributed by atoms with E-state index in [0.29, 0.717) is 0 Å². The maximum Gasteiger partial charge on any atom is 0.142 e. The molecule has 0 aliphatic carbocycles. The van der Waals surface area contributed by atoms with Crippen molar-refractivity contribution in [3.05, 3.63) is 70.5 Å². The molecule has 1 nitrogen and oxygen atoms in total. The molecule has 0 aliphatic rings. The van der Waals surface area contributed by atoms with Crippen molar-refractivity contribution in [2.75, 3.05) is 7.05 Å². The number of likely N-dealkylation sites (N-methyl/N-ethyl adjacent to an activating group) is 1. The highest BCUT2D eigenvalue weighted by Crippen LogP contribution is 2.22. The number of halogens is 2. The smallest absolute Gasteiger partial charge is 0.142 e. The molecule has 18 heavy (non-hydrogen) atoms. The first-order valence-corrected chi connectivity index (χ1v) is 6.24. The van der Waals surface area contributed by atoms with E-state index in [9.17, 15) is 4.39 Å². The Morgan fingerprint density at radius 3 is 2.50 bits per heavy atom. The molecule has 0 aromatic heterocycles. The van der Waals surface area contributed by atoms with E-state index in [1.54, 1.807) is 6.07 Å². The zero-order valence-corrected chi connectivity index (χ0v) is 10.9. The van der Waals surface area contributed by atoms with Crippen LogP contribution in [-0.2, 0) is 6.42 Å². The third-order valence-corrected chi connectivity index (χ3v) is 3.28. The van der Waals surface area contributed by atoms with Crippen LogP contribution in [0.5, 0.6) is 0 Å². The van der Waals surface area contributed by atoms with E-state index in [1.807, 2.05) is 31.3 Å². The van der Waals surface area contributed by atoms with Crippen molar-refractivity contribution in [2.45, 2.75) is 12.5 Å². The summed E-state index contributed by atoms with van der Waals surface area (Å²) in [6.07, 6.45) is 0.818. The van der Waals surface area contributed by atoms with E-state index in [2.05, 4.69) is 17.4 Å².